The number of anilines is 1. The van der Waals surface area contributed by atoms with Crippen molar-refractivity contribution in [2.24, 2.45) is 0 Å². The molecule has 3 aliphatic rings. The first-order valence-electron chi connectivity index (χ1n) is 34.0. The van der Waals surface area contributed by atoms with Crippen LogP contribution >= 0.6 is 0 Å². The second-order valence-corrected chi connectivity index (χ2v) is 32.5. The molecule has 0 aromatic heterocycles. The van der Waals surface area contributed by atoms with Crippen molar-refractivity contribution in [2.45, 2.75) is 117 Å². The zero-order valence-electron chi connectivity index (χ0n) is 58.8. The number of aliphatic carboxylic acids is 1. The first-order chi connectivity index (χ1) is 49.2. The van der Waals surface area contributed by atoms with Gasteiger partial charge < -0.3 is 48.1 Å². The van der Waals surface area contributed by atoms with Crippen molar-refractivity contribution in [1.29, 1.82) is 0 Å². The fourth-order valence-corrected chi connectivity index (χ4v) is 17.3. The van der Waals surface area contributed by atoms with Crippen LogP contribution in [0.1, 0.15) is 89.0 Å². The van der Waals surface area contributed by atoms with Gasteiger partial charge in [-0.25, -0.2) is 38.5 Å². The summed E-state index contributed by atoms with van der Waals surface area (Å²) in [7, 11) is -18.4. The number of nitrogens with zero attached hydrogens (tertiary/aromatic N) is 5. The van der Waals surface area contributed by atoms with E-state index in [1.54, 1.807) is 73.5 Å². The fourth-order valence-electron chi connectivity index (χ4n) is 13.9. The van der Waals surface area contributed by atoms with Gasteiger partial charge in [-0.15, -0.1) is 0 Å². The third kappa shape index (κ3) is 17.5. The normalized spacial score (nSPS) is 16.3. The minimum absolute atomic E-state index is 0.0206. The summed E-state index contributed by atoms with van der Waals surface area (Å²) in [6.45, 7) is 14.5. The van der Waals surface area contributed by atoms with Crippen molar-refractivity contribution in [2.75, 3.05) is 84.2 Å². The first-order valence-corrected chi connectivity index (χ1v) is 39.6. The highest BCUT2D eigenvalue weighted by Gasteiger charge is 2.46. The number of carbonyl (C=O) groups is 3. The van der Waals surface area contributed by atoms with Gasteiger partial charge in [0, 0.05) is 98.5 Å². The number of fused-ring (bicyclic) bond motifs is 6. The van der Waals surface area contributed by atoms with E-state index in [-0.39, 0.29) is 72.3 Å². The zero-order valence-corrected chi connectivity index (χ0v) is 62.0. The van der Waals surface area contributed by atoms with Gasteiger partial charge in [-0.3, -0.25) is 19.3 Å². The van der Waals surface area contributed by atoms with Gasteiger partial charge in [-0.05, 0) is 158 Å². The lowest BCUT2D eigenvalue weighted by Gasteiger charge is -2.34. The number of rotatable bonds is 31. The number of methoxy groups -OCH3 is 1. The number of hydrogen-bond acceptors (Lipinski definition) is 20. The van der Waals surface area contributed by atoms with E-state index in [9.17, 15) is 66.8 Å². The van der Waals surface area contributed by atoms with E-state index in [0.29, 0.717) is 109 Å². The molecule has 1 saturated heterocycles. The monoisotopic (exact) mass is 1500 g/mol. The van der Waals surface area contributed by atoms with Gasteiger partial charge in [0.05, 0.1) is 51.9 Å². The van der Waals surface area contributed by atoms with Crippen molar-refractivity contribution in [3.63, 3.8) is 0 Å². The third-order valence-corrected chi connectivity index (χ3v) is 23.4. The number of hydroxylamine groups is 1. The number of likely N-dealkylation sites (N-methyl/N-ethyl adjacent to an activating group) is 1. The molecule has 0 saturated carbocycles. The second kappa shape index (κ2) is 32.3. The molecule has 3 aliphatic heterocycles. The number of sulfonamides is 1. The van der Waals surface area contributed by atoms with Crippen LogP contribution in [0.3, 0.4) is 0 Å². The van der Waals surface area contributed by atoms with Gasteiger partial charge in [0.1, 0.15) is 49.3 Å². The molecule has 1 fully saturated rings. The standard InChI is InChI=1S/C75H86N6O19S4/c1-8-79-63-33-31-59-51(2)46-57(102(88,89)90)47-61(59)70(63)74(3,4)67(79)20-14-10-15-21-68-75(5,6)71-62-48-58(103(91,92)93)49-66(104(94,95)96)60(62)32-34-64(71)80(68)37-17-11-16-22-69(82)78-40-38-77(39-41-78)42-43-98-44-45-100-81(65(72(83)84)35-36-76-73(85)99-50-52-18-12-9-13-19-52)101(86,87)56-29-25-54(26-30-56)53-23-27-55(97-7)28-24-53/h9-10,12-15,18-21,23-34,46-49,65H,8,11,16-17,22,35-45,50H2,1-7H3,(H4-,76,83,84,85,88,89,90,91,92,93,94,95,96)/p-2/t65-/m1/s1. The highest BCUT2D eigenvalue weighted by atomic mass is 32.2. The number of hydrogen-bond donors (Lipinski definition) is 2. The number of piperazine rings is 1. The average molecular weight is 1500 g/mol. The third-order valence-electron chi connectivity index (χ3n) is 19.2. The molecule has 7 aromatic rings. The van der Waals surface area contributed by atoms with Crippen molar-refractivity contribution >= 4 is 97.0 Å². The van der Waals surface area contributed by atoms with Crippen LogP contribution in [0.2, 0.25) is 0 Å². The Morgan fingerprint density at radius 2 is 1.33 bits per heavy atom. The fraction of sp³-hybridized carbons (Fsp3) is 0.360. The van der Waals surface area contributed by atoms with Crippen LogP contribution < -0.4 is 15.0 Å². The maximum absolute atomic E-state index is 14.3. The maximum atomic E-state index is 14.3. The Labute approximate surface area is 606 Å². The number of alkyl carbamates (subject to hydrolysis) is 1. The molecule has 2 amide bonds. The van der Waals surface area contributed by atoms with Crippen LogP contribution in [0.5, 0.6) is 5.75 Å². The summed E-state index contributed by atoms with van der Waals surface area (Å²) in [5.41, 5.74) is 5.75. The molecule has 29 heteroatoms. The van der Waals surface area contributed by atoms with Crippen LogP contribution in [0, 0.1) is 6.92 Å². The van der Waals surface area contributed by atoms with E-state index in [1.807, 2.05) is 99.9 Å². The number of ether oxygens (including phenoxy) is 3. The number of carboxylic acid groups (broad SMARTS) is 1. The number of carbonyl (C=O) groups excluding carboxylic acids is 2. The summed E-state index contributed by atoms with van der Waals surface area (Å²) in [5.74, 6) is -0.906. The minimum atomic E-state index is -5.28. The molecule has 10 rings (SSSR count). The number of aryl methyl sites for hydroxylation is 1. The van der Waals surface area contributed by atoms with E-state index in [0.717, 1.165) is 45.2 Å². The lowest BCUT2D eigenvalue weighted by molar-refractivity contribution is -0.438. The number of benzene rings is 7. The summed E-state index contributed by atoms with van der Waals surface area (Å²) < 4.78 is 160. The quantitative estimate of drug-likeness (QED) is 0.0134. The average Bonchev–Trinajstić information content (AvgIpc) is 1.55. The lowest BCUT2D eigenvalue weighted by Crippen LogP contribution is -2.49. The zero-order chi connectivity index (χ0) is 75.1. The second-order valence-electron chi connectivity index (χ2n) is 26.6. The Morgan fingerprint density at radius 1 is 0.683 bits per heavy atom. The Morgan fingerprint density at radius 3 is 1.96 bits per heavy atom. The van der Waals surface area contributed by atoms with Crippen molar-refractivity contribution in [3.8, 4) is 16.9 Å². The lowest BCUT2D eigenvalue weighted by atomic mass is 9.79. The van der Waals surface area contributed by atoms with Crippen LogP contribution in [-0.2, 0) is 81.7 Å². The molecule has 25 nitrogen and oxygen atoms in total. The maximum Gasteiger partial charge on any atom is 0.407 e. The molecule has 3 heterocycles. The van der Waals surface area contributed by atoms with Gasteiger partial charge in [0.15, 0.2) is 11.8 Å². The van der Waals surface area contributed by atoms with Crippen LogP contribution in [-0.4, -0.2) is 180 Å². The van der Waals surface area contributed by atoms with E-state index < -0.39 is 79.1 Å². The molecular weight excluding hydrogens is 1420 g/mol. The minimum Gasteiger partial charge on any atom is -0.744 e. The first kappa shape index (κ1) is 77.9. The Kier molecular flexibility index (Phi) is 24.2. The summed E-state index contributed by atoms with van der Waals surface area (Å²) in [4.78, 5) is 48.7. The van der Waals surface area contributed by atoms with E-state index in [2.05, 4.69) is 15.1 Å². The summed E-state index contributed by atoms with van der Waals surface area (Å²) in [6.07, 6.45) is 10.2. The van der Waals surface area contributed by atoms with E-state index >= 15 is 0 Å². The molecule has 1 atom stereocenters. The Bertz CT molecular complexity index is 5000. The predicted octanol–water partition coefficient (Wildman–Crippen LogP) is 9.99. The molecule has 2 N–H and O–H groups in total. The van der Waals surface area contributed by atoms with Crippen LogP contribution in [0.4, 0.5) is 16.2 Å². The Balaban J connectivity index is 0.757. The van der Waals surface area contributed by atoms with Crippen LogP contribution in [0.15, 0.2) is 183 Å². The van der Waals surface area contributed by atoms with Crippen molar-refractivity contribution in [1.82, 2.24) is 19.6 Å². The summed E-state index contributed by atoms with van der Waals surface area (Å²) in [6, 6.07) is 31.8. The number of allylic oxidation sites excluding steroid dienone is 6. The molecule has 554 valence electrons. The van der Waals surface area contributed by atoms with E-state index in [4.69, 9.17) is 19.0 Å². The Hall–Kier alpha value is -8.72. The van der Waals surface area contributed by atoms with Gasteiger partial charge in [0.2, 0.25) is 11.6 Å². The highest BCUT2D eigenvalue weighted by Crippen LogP contribution is 2.52. The largest absolute Gasteiger partial charge is 0.744 e. The SMILES string of the molecule is CCN1\C(=C/C=C/C=C/C2=[N+](CCCCCC(=O)N3CCN(CCOCCON([C@H](CCNC(=O)OCc4ccccc4)C(=O)O)S(=O)(=O)c4ccc(-c5ccc(OC)cc5)cc4)CC3)c3ccc4c(S(=O)(=O)[O-])cc(S(=O)(=O)[O-])cc4c3C2(C)C)C(C)(C)c2c1ccc1c(C)cc(S(=O)(=O)[O-])cc21. The predicted molar refractivity (Wildman–Crippen MR) is 388 cm³/mol. The van der Waals surface area contributed by atoms with Gasteiger partial charge >= 0.3 is 12.1 Å². The van der Waals surface area contributed by atoms with E-state index in [1.165, 1.54) is 30.3 Å². The molecule has 7 aromatic carbocycles. The number of nitrogens with one attached hydrogen (secondary N) is 1. The molecular formula is C75H84N6O19S4-2. The topological polar surface area (TPSA) is 342 Å². The number of amides is 2. The van der Waals surface area contributed by atoms with Crippen molar-refractivity contribution in [3.05, 3.63) is 186 Å². The molecule has 104 heavy (non-hydrogen) atoms. The number of unbranched alkanes of at least 4 members (excludes halogenated alkanes) is 2. The molecule has 0 radical (unpaired) electrons. The molecule has 0 unspecified atom stereocenters. The smallest absolute Gasteiger partial charge is 0.407 e. The van der Waals surface area contributed by atoms with Gasteiger partial charge in [0.25, 0.3) is 10.0 Å². The molecule has 0 bridgehead atoms. The summed E-state index contributed by atoms with van der Waals surface area (Å²) in [5, 5.41) is 14.5. The van der Waals surface area contributed by atoms with Crippen molar-refractivity contribution < 1.29 is 90.4 Å². The summed E-state index contributed by atoms with van der Waals surface area (Å²) >= 11 is 0. The van der Waals surface area contributed by atoms with Gasteiger partial charge in [-0.1, -0.05) is 97.2 Å². The molecule has 0 aliphatic carbocycles. The van der Waals surface area contributed by atoms with Crippen LogP contribution in [0.25, 0.3) is 32.7 Å². The number of carboxylic acids is 1. The van der Waals surface area contributed by atoms with Gasteiger partial charge in [-0.2, -0.15) is 4.58 Å². The highest BCUT2D eigenvalue weighted by molar-refractivity contribution is 7.89. The molecule has 0 spiro atoms.